The van der Waals surface area contributed by atoms with Gasteiger partial charge in [-0.05, 0) is 16.3 Å². The minimum absolute atomic E-state index is 0. The SMILES string of the molecule is CC1=[C-]CC=C1.Cl.Cl.OCc1cccc2ccccc12.[Ti]. The van der Waals surface area contributed by atoms with Gasteiger partial charge in [0.1, 0.15) is 0 Å². The molecule has 0 bridgehead atoms. The van der Waals surface area contributed by atoms with Gasteiger partial charge in [0, 0.05) is 21.7 Å². The minimum atomic E-state index is 0. The molecule has 112 valence electrons. The van der Waals surface area contributed by atoms with E-state index in [0.717, 1.165) is 17.4 Å². The topological polar surface area (TPSA) is 20.2 Å². The quantitative estimate of drug-likeness (QED) is 0.570. The van der Waals surface area contributed by atoms with E-state index in [1.807, 2.05) is 30.3 Å². The molecule has 0 aliphatic heterocycles. The van der Waals surface area contributed by atoms with Crippen molar-refractivity contribution < 1.29 is 26.8 Å². The number of hydrogen-bond donors (Lipinski definition) is 1. The molecular formula is C17H19Cl2OTi-. The Morgan fingerprint density at radius 3 is 2.24 bits per heavy atom. The molecular weight excluding hydrogens is 339 g/mol. The third kappa shape index (κ3) is 6.82. The van der Waals surface area contributed by atoms with Gasteiger partial charge in [-0.15, -0.1) is 31.2 Å². The van der Waals surface area contributed by atoms with Gasteiger partial charge in [0.15, 0.2) is 0 Å². The molecule has 0 unspecified atom stereocenters. The van der Waals surface area contributed by atoms with Crippen LogP contribution in [-0.4, -0.2) is 5.11 Å². The predicted molar refractivity (Wildman–Crippen MR) is 90.6 cm³/mol. The molecule has 3 rings (SSSR count). The van der Waals surface area contributed by atoms with E-state index in [1.54, 1.807) is 0 Å². The first-order valence-corrected chi connectivity index (χ1v) is 6.12. The number of aliphatic hydroxyl groups is 1. The van der Waals surface area contributed by atoms with Crippen LogP contribution < -0.4 is 0 Å². The summed E-state index contributed by atoms with van der Waals surface area (Å²) in [6.07, 6.45) is 8.33. The third-order valence-electron chi connectivity index (χ3n) is 2.92. The van der Waals surface area contributed by atoms with Crippen LogP contribution in [0.15, 0.2) is 60.2 Å². The van der Waals surface area contributed by atoms with Gasteiger partial charge in [-0.25, -0.2) is 11.6 Å². The van der Waals surface area contributed by atoms with Crippen molar-refractivity contribution in [1.29, 1.82) is 0 Å². The van der Waals surface area contributed by atoms with Gasteiger partial charge in [-0.2, -0.15) is 6.08 Å². The van der Waals surface area contributed by atoms with E-state index in [1.165, 1.54) is 11.0 Å². The Hall–Kier alpha value is -0.566. The Morgan fingerprint density at radius 1 is 1.05 bits per heavy atom. The molecule has 4 heteroatoms. The molecule has 1 aliphatic carbocycles. The number of benzene rings is 2. The maximum Gasteiger partial charge on any atom is 0.0687 e. The summed E-state index contributed by atoms with van der Waals surface area (Å²) in [4.78, 5) is 0. The molecule has 0 aromatic heterocycles. The molecule has 0 atom stereocenters. The van der Waals surface area contributed by atoms with Gasteiger partial charge in [-0.1, -0.05) is 49.4 Å². The van der Waals surface area contributed by atoms with Gasteiger partial charge in [0.2, 0.25) is 0 Å². The molecule has 0 amide bonds. The summed E-state index contributed by atoms with van der Waals surface area (Å²) in [6, 6.07) is 14.0. The van der Waals surface area contributed by atoms with Crippen molar-refractivity contribution in [3.8, 4) is 0 Å². The number of aliphatic hydroxyl groups excluding tert-OH is 1. The molecule has 2 aromatic carbocycles. The fourth-order valence-electron chi connectivity index (χ4n) is 1.94. The fraction of sp³-hybridized carbons (Fsp3) is 0.176. The van der Waals surface area contributed by atoms with Gasteiger partial charge in [0.05, 0.1) is 6.61 Å². The second kappa shape index (κ2) is 12.0. The normalized spacial score (nSPS) is 11.2. The molecule has 1 aliphatic rings. The molecule has 0 spiro atoms. The van der Waals surface area contributed by atoms with Gasteiger partial charge in [-0.3, -0.25) is 6.08 Å². The maximum absolute atomic E-state index is 9.04. The van der Waals surface area contributed by atoms with E-state index >= 15 is 0 Å². The van der Waals surface area contributed by atoms with E-state index in [4.69, 9.17) is 5.11 Å². The van der Waals surface area contributed by atoms with Crippen LogP contribution in [0.4, 0.5) is 0 Å². The fourth-order valence-corrected chi connectivity index (χ4v) is 1.94. The van der Waals surface area contributed by atoms with E-state index in [9.17, 15) is 0 Å². The monoisotopic (exact) mass is 357 g/mol. The Kier molecular flexibility index (Phi) is 13.0. The molecule has 0 heterocycles. The maximum atomic E-state index is 9.04. The zero-order valence-electron chi connectivity index (χ0n) is 11.9. The van der Waals surface area contributed by atoms with Crippen molar-refractivity contribution >= 4 is 35.6 Å². The molecule has 0 saturated heterocycles. The van der Waals surface area contributed by atoms with Crippen LogP contribution in [0.2, 0.25) is 0 Å². The zero-order chi connectivity index (χ0) is 12.8. The van der Waals surface area contributed by atoms with Crippen LogP contribution in [0.5, 0.6) is 0 Å². The number of allylic oxidation sites excluding steroid dienone is 4. The summed E-state index contributed by atoms with van der Waals surface area (Å²) in [5.74, 6) is 0. The third-order valence-corrected chi connectivity index (χ3v) is 2.92. The van der Waals surface area contributed by atoms with Crippen LogP contribution in [0, 0.1) is 6.08 Å². The molecule has 2 aromatic rings. The Labute approximate surface area is 153 Å². The van der Waals surface area contributed by atoms with E-state index < -0.39 is 0 Å². The molecule has 0 saturated carbocycles. The number of fused-ring (bicyclic) bond motifs is 1. The first-order chi connectivity index (χ1) is 8.81. The van der Waals surface area contributed by atoms with Gasteiger partial charge in [0.25, 0.3) is 0 Å². The van der Waals surface area contributed by atoms with E-state index in [0.29, 0.717) is 0 Å². The van der Waals surface area contributed by atoms with Crippen LogP contribution in [-0.2, 0) is 28.3 Å². The largest absolute Gasteiger partial charge is 0.392 e. The van der Waals surface area contributed by atoms with Crippen LogP contribution in [0.1, 0.15) is 18.9 Å². The van der Waals surface area contributed by atoms with Crippen molar-refractivity contribution in [2.75, 3.05) is 0 Å². The molecule has 1 nitrogen and oxygen atoms in total. The summed E-state index contributed by atoms with van der Waals surface area (Å²) in [5, 5.41) is 11.4. The summed E-state index contributed by atoms with van der Waals surface area (Å²) in [7, 11) is 0. The smallest absolute Gasteiger partial charge is 0.0687 e. The van der Waals surface area contributed by atoms with Gasteiger partial charge >= 0.3 is 0 Å². The van der Waals surface area contributed by atoms with Gasteiger partial charge < -0.3 is 5.11 Å². The second-order valence-corrected chi connectivity index (χ2v) is 4.26. The van der Waals surface area contributed by atoms with Crippen molar-refractivity contribution in [3.63, 3.8) is 0 Å². The molecule has 0 radical (unpaired) electrons. The van der Waals surface area contributed by atoms with Crippen LogP contribution in [0.3, 0.4) is 0 Å². The number of hydrogen-bond acceptors (Lipinski definition) is 1. The van der Waals surface area contributed by atoms with Crippen molar-refractivity contribution in [2.45, 2.75) is 20.0 Å². The molecule has 21 heavy (non-hydrogen) atoms. The summed E-state index contributed by atoms with van der Waals surface area (Å²) in [5.41, 5.74) is 2.27. The van der Waals surface area contributed by atoms with Crippen molar-refractivity contribution in [3.05, 3.63) is 71.8 Å². The van der Waals surface area contributed by atoms with Crippen molar-refractivity contribution in [2.24, 2.45) is 0 Å². The zero-order valence-corrected chi connectivity index (χ0v) is 15.1. The van der Waals surface area contributed by atoms with Crippen LogP contribution in [0.25, 0.3) is 10.8 Å². The molecule has 0 fully saturated rings. The van der Waals surface area contributed by atoms with Crippen LogP contribution >= 0.6 is 24.8 Å². The molecule has 1 N–H and O–H groups in total. The predicted octanol–water partition coefficient (Wildman–Crippen LogP) is 4.87. The Bertz CT molecular complexity index is 586. The number of rotatable bonds is 1. The van der Waals surface area contributed by atoms with Crippen molar-refractivity contribution in [1.82, 2.24) is 0 Å². The van der Waals surface area contributed by atoms with E-state index in [-0.39, 0.29) is 53.1 Å². The number of halogens is 2. The summed E-state index contributed by atoms with van der Waals surface area (Å²) >= 11 is 0. The standard InChI is InChI=1S/C11H10O.C6H7.2ClH.Ti/c12-8-10-6-3-5-9-4-1-2-7-11(9)10;1-6-4-2-3-5-6;;;/h1-7,12H,8H2;2,4H,3H2,1H3;2*1H;/q;-1;;;. The first kappa shape index (κ1) is 22.7. The average Bonchev–Trinajstić information content (AvgIpc) is 2.90. The van der Waals surface area contributed by atoms with E-state index in [2.05, 4.69) is 37.3 Å². The summed E-state index contributed by atoms with van der Waals surface area (Å²) in [6.45, 7) is 2.17. The summed E-state index contributed by atoms with van der Waals surface area (Å²) < 4.78 is 0. The Balaban J connectivity index is 0. The second-order valence-electron chi connectivity index (χ2n) is 4.26. The Morgan fingerprint density at radius 2 is 1.71 bits per heavy atom. The average molecular weight is 358 g/mol. The first-order valence-electron chi connectivity index (χ1n) is 6.12. The minimum Gasteiger partial charge on any atom is -0.392 e.